The zero-order valence-corrected chi connectivity index (χ0v) is 13.4. The fourth-order valence-corrected chi connectivity index (χ4v) is 3.81. The molecule has 1 aliphatic carbocycles. The minimum Gasteiger partial charge on any atom is -0.356 e. The van der Waals surface area contributed by atoms with Gasteiger partial charge in [0, 0.05) is 12.5 Å². The highest BCUT2D eigenvalue weighted by molar-refractivity contribution is 5.82. The van der Waals surface area contributed by atoms with Gasteiger partial charge in [0.2, 0.25) is 5.91 Å². The topological polar surface area (TPSA) is 41.1 Å². The van der Waals surface area contributed by atoms with Crippen LogP contribution in [0.1, 0.15) is 44.1 Å². The van der Waals surface area contributed by atoms with Crippen LogP contribution >= 0.6 is 0 Å². The van der Waals surface area contributed by atoms with Crippen molar-refractivity contribution in [3.63, 3.8) is 0 Å². The minimum absolute atomic E-state index is 0.305. The fraction of sp³-hybridized carbons (Fsp3) is 0.632. The van der Waals surface area contributed by atoms with E-state index in [4.69, 9.17) is 0 Å². The average Bonchev–Trinajstić information content (AvgIpc) is 3.25. The summed E-state index contributed by atoms with van der Waals surface area (Å²) in [7, 11) is 0. The van der Waals surface area contributed by atoms with E-state index in [0.717, 1.165) is 38.9 Å². The Morgan fingerprint density at radius 1 is 1.14 bits per heavy atom. The van der Waals surface area contributed by atoms with Gasteiger partial charge in [-0.1, -0.05) is 36.8 Å². The molecule has 2 N–H and O–H groups in total. The summed E-state index contributed by atoms with van der Waals surface area (Å²) in [6.45, 7) is 3.02. The number of hydrogen-bond acceptors (Lipinski definition) is 2. The number of amides is 1. The Hall–Kier alpha value is -1.35. The summed E-state index contributed by atoms with van der Waals surface area (Å²) in [6, 6.07) is 10.6. The molecule has 1 spiro atoms. The lowest BCUT2D eigenvalue weighted by atomic mass is 9.92. The second-order valence-corrected chi connectivity index (χ2v) is 6.96. The van der Waals surface area contributed by atoms with Crippen LogP contribution in [-0.4, -0.2) is 25.5 Å². The number of carbonyl (C=O) groups excluding carboxylic acids is 1. The Bertz CT molecular complexity index is 479. The van der Waals surface area contributed by atoms with E-state index in [1.54, 1.807) is 0 Å². The first kappa shape index (κ1) is 15.5. The highest BCUT2D eigenvalue weighted by Gasteiger charge is 2.57. The van der Waals surface area contributed by atoms with Crippen molar-refractivity contribution in [2.45, 2.75) is 44.9 Å². The van der Waals surface area contributed by atoms with Crippen LogP contribution < -0.4 is 10.6 Å². The van der Waals surface area contributed by atoms with Gasteiger partial charge in [0.15, 0.2) is 0 Å². The van der Waals surface area contributed by atoms with Crippen molar-refractivity contribution in [3.05, 3.63) is 35.9 Å². The molecule has 3 heteroatoms. The van der Waals surface area contributed by atoms with Gasteiger partial charge in [0.25, 0.3) is 0 Å². The lowest BCUT2D eigenvalue weighted by Crippen LogP contribution is -2.34. The summed E-state index contributed by atoms with van der Waals surface area (Å²) in [5.74, 6) is 0.615. The summed E-state index contributed by atoms with van der Waals surface area (Å²) < 4.78 is 0. The Morgan fingerprint density at radius 2 is 1.91 bits per heavy atom. The maximum Gasteiger partial charge on any atom is 0.223 e. The van der Waals surface area contributed by atoms with E-state index >= 15 is 0 Å². The van der Waals surface area contributed by atoms with Gasteiger partial charge in [-0.15, -0.1) is 0 Å². The van der Waals surface area contributed by atoms with Gasteiger partial charge in [0.1, 0.15) is 0 Å². The molecule has 1 aromatic carbocycles. The lowest BCUT2D eigenvalue weighted by Gasteiger charge is -2.23. The summed E-state index contributed by atoms with van der Waals surface area (Å²) in [4.78, 5) is 12.2. The molecule has 1 heterocycles. The molecule has 120 valence electrons. The average molecular weight is 300 g/mol. The zero-order valence-electron chi connectivity index (χ0n) is 13.4. The van der Waals surface area contributed by atoms with E-state index in [1.807, 2.05) is 0 Å². The van der Waals surface area contributed by atoms with Crippen molar-refractivity contribution in [2.24, 2.45) is 11.3 Å². The number of rotatable bonds is 7. The second kappa shape index (κ2) is 7.28. The fourth-order valence-electron chi connectivity index (χ4n) is 3.81. The van der Waals surface area contributed by atoms with Gasteiger partial charge in [-0.05, 0) is 62.6 Å². The van der Waals surface area contributed by atoms with Crippen LogP contribution in [0.15, 0.2) is 30.3 Å². The molecular formula is C19H28N2O. The van der Waals surface area contributed by atoms with E-state index in [0.29, 0.717) is 17.2 Å². The standard InChI is InChI=1S/C19H28N2O/c22-18(17-15-19(17)10-13-20-14-11-19)21-12-6-2-5-9-16-7-3-1-4-8-16/h1,3-4,7-8,17,20H,2,5-6,9-15H2,(H,21,22). The number of aryl methyl sites for hydroxylation is 1. The molecule has 2 fully saturated rings. The highest BCUT2D eigenvalue weighted by atomic mass is 16.2. The molecule has 1 amide bonds. The number of hydrogen-bond donors (Lipinski definition) is 2. The van der Waals surface area contributed by atoms with Crippen LogP contribution in [-0.2, 0) is 11.2 Å². The monoisotopic (exact) mass is 300 g/mol. The number of nitrogens with one attached hydrogen (secondary N) is 2. The Morgan fingerprint density at radius 3 is 2.68 bits per heavy atom. The third kappa shape index (κ3) is 3.89. The highest BCUT2D eigenvalue weighted by Crippen LogP contribution is 2.58. The van der Waals surface area contributed by atoms with Crippen LogP contribution in [0.3, 0.4) is 0 Å². The van der Waals surface area contributed by atoms with Crippen molar-refractivity contribution in [1.29, 1.82) is 0 Å². The van der Waals surface area contributed by atoms with Gasteiger partial charge in [-0.25, -0.2) is 0 Å². The molecule has 1 atom stereocenters. The molecule has 1 aliphatic heterocycles. The molecule has 2 aliphatic rings. The molecule has 3 nitrogen and oxygen atoms in total. The normalized spacial score (nSPS) is 22.5. The van der Waals surface area contributed by atoms with Gasteiger partial charge in [-0.3, -0.25) is 4.79 Å². The molecule has 1 saturated heterocycles. The SMILES string of the molecule is O=C(NCCCCCc1ccccc1)C1CC12CCNCC2. The molecule has 0 aromatic heterocycles. The molecule has 1 saturated carbocycles. The Labute approximate surface area is 133 Å². The summed E-state index contributed by atoms with van der Waals surface area (Å²) in [6.07, 6.45) is 8.13. The number of unbranched alkanes of at least 4 members (excludes halogenated alkanes) is 2. The van der Waals surface area contributed by atoms with Gasteiger partial charge in [0.05, 0.1) is 0 Å². The third-order valence-corrected chi connectivity index (χ3v) is 5.39. The Balaban J connectivity index is 1.25. The Kier molecular flexibility index (Phi) is 5.14. The largest absolute Gasteiger partial charge is 0.356 e. The summed E-state index contributed by atoms with van der Waals surface area (Å²) in [5, 5.41) is 6.54. The molecule has 0 bridgehead atoms. The van der Waals surface area contributed by atoms with Crippen LogP contribution in [0.25, 0.3) is 0 Å². The minimum atomic E-state index is 0.305. The van der Waals surface area contributed by atoms with Crippen LogP contribution in [0, 0.1) is 11.3 Å². The molecule has 3 rings (SSSR count). The van der Waals surface area contributed by atoms with E-state index in [1.165, 1.54) is 31.2 Å². The first-order valence-electron chi connectivity index (χ1n) is 8.83. The van der Waals surface area contributed by atoms with E-state index in [9.17, 15) is 4.79 Å². The van der Waals surface area contributed by atoms with Crippen LogP contribution in [0.5, 0.6) is 0 Å². The van der Waals surface area contributed by atoms with E-state index < -0.39 is 0 Å². The molecular weight excluding hydrogens is 272 g/mol. The summed E-state index contributed by atoms with van der Waals surface area (Å²) in [5.41, 5.74) is 1.78. The lowest BCUT2D eigenvalue weighted by molar-refractivity contribution is -0.123. The van der Waals surface area contributed by atoms with E-state index in [2.05, 4.69) is 41.0 Å². The van der Waals surface area contributed by atoms with Crippen molar-refractivity contribution in [2.75, 3.05) is 19.6 Å². The first-order valence-corrected chi connectivity index (χ1v) is 8.83. The maximum absolute atomic E-state index is 12.2. The van der Waals surface area contributed by atoms with Gasteiger partial charge in [-0.2, -0.15) is 0 Å². The molecule has 1 aromatic rings. The smallest absolute Gasteiger partial charge is 0.223 e. The first-order chi connectivity index (χ1) is 10.8. The third-order valence-electron chi connectivity index (χ3n) is 5.39. The van der Waals surface area contributed by atoms with Crippen LogP contribution in [0.4, 0.5) is 0 Å². The van der Waals surface area contributed by atoms with Gasteiger partial charge >= 0.3 is 0 Å². The second-order valence-electron chi connectivity index (χ2n) is 6.96. The number of benzene rings is 1. The number of carbonyl (C=O) groups is 1. The van der Waals surface area contributed by atoms with Crippen LogP contribution in [0.2, 0.25) is 0 Å². The van der Waals surface area contributed by atoms with E-state index in [-0.39, 0.29) is 0 Å². The molecule has 0 radical (unpaired) electrons. The van der Waals surface area contributed by atoms with Crippen molar-refractivity contribution >= 4 is 5.91 Å². The van der Waals surface area contributed by atoms with Crippen molar-refractivity contribution in [1.82, 2.24) is 10.6 Å². The predicted molar refractivity (Wildman–Crippen MR) is 89.7 cm³/mol. The van der Waals surface area contributed by atoms with Crippen molar-refractivity contribution < 1.29 is 4.79 Å². The van der Waals surface area contributed by atoms with Crippen molar-refractivity contribution in [3.8, 4) is 0 Å². The van der Waals surface area contributed by atoms with Gasteiger partial charge < -0.3 is 10.6 Å². The molecule has 1 unspecified atom stereocenters. The predicted octanol–water partition coefficient (Wildman–Crippen LogP) is 2.91. The maximum atomic E-state index is 12.2. The quantitative estimate of drug-likeness (QED) is 0.760. The summed E-state index contributed by atoms with van der Waals surface area (Å²) >= 11 is 0. The molecule has 22 heavy (non-hydrogen) atoms. The zero-order chi connectivity index (χ0) is 15.3. The number of piperidine rings is 1.